The Hall–Kier alpha value is -1.65. The number of nitrogens with zero attached hydrogens (tertiary/aromatic N) is 3. The predicted octanol–water partition coefficient (Wildman–Crippen LogP) is 4.71. The highest BCUT2D eigenvalue weighted by Gasteiger charge is 2.16. The molecule has 1 aromatic rings. The van der Waals surface area contributed by atoms with Crippen molar-refractivity contribution in [3.05, 3.63) is 46.7 Å². The minimum Gasteiger partial charge on any atom is -0.369 e. The Morgan fingerprint density at radius 2 is 1.64 bits per heavy atom. The zero-order valence-electron chi connectivity index (χ0n) is 19.1. The zero-order valence-corrected chi connectivity index (χ0v) is 19.1. The van der Waals surface area contributed by atoms with Crippen LogP contribution in [0.25, 0.3) is 0 Å². The van der Waals surface area contributed by atoms with E-state index in [1.54, 1.807) is 5.56 Å². The number of nitrogens with one attached hydrogen (secondary N) is 1. The standard InChI is InChI=1S/C11H15N.C8H13N3.C3H8.C2H6/c1-2-12-8-7-10-5-3-4-6-11(10)9-12;1-11-3-2-8-7(5-11)4-9-6-10-8;1-3-2;1-2/h3-6H,2,7-9H2,1H3;4,10H,2-3,5-6H2,1H3;3H2,1-2H3;1-2H3. The van der Waals surface area contributed by atoms with Crippen LogP contribution in [0.5, 0.6) is 0 Å². The monoisotopic (exact) mass is 386 g/mol. The van der Waals surface area contributed by atoms with E-state index in [1.807, 2.05) is 20.1 Å². The summed E-state index contributed by atoms with van der Waals surface area (Å²) in [6.45, 7) is 17.0. The van der Waals surface area contributed by atoms with Crippen molar-refractivity contribution < 1.29 is 0 Å². The van der Waals surface area contributed by atoms with Crippen molar-refractivity contribution in [1.29, 1.82) is 0 Å². The number of benzene rings is 1. The average molecular weight is 387 g/mol. The first kappa shape index (κ1) is 24.4. The summed E-state index contributed by atoms with van der Waals surface area (Å²) in [5.74, 6) is 0. The third kappa shape index (κ3) is 8.15. The molecule has 4 rings (SSSR count). The lowest BCUT2D eigenvalue weighted by atomic mass is 10.0. The van der Waals surface area contributed by atoms with Crippen LogP contribution >= 0.6 is 0 Å². The molecule has 3 aliphatic heterocycles. The highest BCUT2D eigenvalue weighted by atomic mass is 15.1. The van der Waals surface area contributed by atoms with Gasteiger partial charge in [0.05, 0.1) is 0 Å². The molecule has 1 N–H and O–H groups in total. The summed E-state index contributed by atoms with van der Waals surface area (Å²) in [6.07, 6.45) is 5.63. The lowest BCUT2D eigenvalue weighted by molar-refractivity contribution is 0.268. The van der Waals surface area contributed by atoms with Gasteiger partial charge in [0.1, 0.15) is 6.67 Å². The second kappa shape index (κ2) is 14.4. The smallest absolute Gasteiger partial charge is 0.107 e. The molecule has 0 bridgehead atoms. The van der Waals surface area contributed by atoms with Crippen molar-refractivity contribution >= 4 is 6.21 Å². The van der Waals surface area contributed by atoms with E-state index in [0.717, 1.165) is 26.2 Å². The quantitative estimate of drug-likeness (QED) is 0.758. The van der Waals surface area contributed by atoms with Crippen molar-refractivity contribution in [1.82, 2.24) is 15.1 Å². The summed E-state index contributed by atoms with van der Waals surface area (Å²) in [6, 6.07) is 8.78. The Bertz CT molecular complexity index is 606. The lowest BCUT2D eigenvalue weighted by Crippen LogP contribution is -2.34. The second-order valence-electron chi connectivity index (χ2n) is 7.23. The van der Waals surface area contributed by atoms with E-state index in [-0.39, 0.29) is 0 Å². The molecule has 0 saturated carbocycles. The van der Waals surface area contributed by atoms with E-state index in [0.29, 0.717) is 0 Å². The van der Waals surface area contributed by atoms with Crippen LogP contribution in [0.2, 0.25) is 0 Å². The summed E-state index contributed by atoms with van der Waals surface area (Å²) >= 11 is 0. The van der Waals surface area contributed by atoms with Gasteiger partial charge in [-0.05, 0) is 31.1 Å². The van der Waals surface area contributed by atoms with E-state index in [4.69, 9.17) is 0 Å². The van der Waals surface area contributed by atoms with Gasteiger partial charge in [0.2, 0.25) is 0 Å². The van der Waals surface area contributed by atoms with Gasteiger partial charge in [0.25, 0.3) is 0 Å². The molecular formula is C24H42N4. The van der Waals surface area contributed by atoms with Gasteiger partial charge in [0.15, 0.2) is 0 Å². The van der Waals surface area contributed by atoms with Crippen LogP contribution < -0.4 is 5.32 Å². The van der Waals surface area contributed by atoms with Gasteiger partial charge >= 0.3 is 0 Å². The van der Waals surface area contributed by atoms with E-state index >= 15 is 0 Å². The summed E-state index contributed by atoms with van der Waals surface area (Å²) in [5.41, 5.74) is 5.83. The minimum absolute atomic E-state index is 0.766. The topological polar surface area (TPSA) is 30.9 Å². The number of aliphatic imine (C=N–C) groups is 1. The molecule has 0 fully saturated rings. The van der Waals surface area contributed by atoms with E-state index in [1.165, 1.54) is 49.3 Å². The Labute approximate surface area is 173 Å². The first-order valence-corrected chi connectivity index (χ1v) is 11.1. The Morgan fingerprint density at radius 1 is 0.964 bits per heavy atom. The maximum atomic E-state index is 4.18. The van der Waals surface area contributed by atoms with Gasteiger partial charge in [-0.1, -0.05) is 65.3 Å². The molecular weight excluding hydrogens is 344 g/mol. The van der Waals surface area contributed by atoms with Crippen molar-refractivity contribution in [2.45, 2.75) is 60.4 Å². The van der Waals surface area contributed by atoms with E-state index in [9.17, 15) is 0 Å². The molecule has 0 unspecified atom stereocenters. The lowest BCUT2D eigenvalue weighted by Gasteiger charge is -2.28. The largest absolute Gasteiger partial charge is 0.369 e. The molecule has 0 spiro atoms. The normalized spacial score (nSPS) is 18.1. The van der Waals surface area contributed by atoms with Crippen LogP contribution in [0.15, 0.2) is 40.5 Å². The Kier molecular flexibility index (Phi) is 12.5. The first-order chi connectivity index (χ1) is 13.7. The molecule has 3 aliphatic rings. The Balaban J connectivity index is 0.000000229. The van der Waals surface area contributed by atoms with Gasteiger partial charge in [-0.3, -0.25) is 9.89 Å². The van der Waals surface area contributed by atoms with Crippen molar-refractivity contribution in [2.24, 2.45) is 4.99 Å². The molecule has 0 atom stereocenters. The van der Waals surface area contributed by atoms with Crippen LogP contribution in [-0.2, 0) is 13.0 Å². The third-order valence-electron chi connectivity index (χ3n) is 4.86. The summed E-state index contributed by atoms with van der Waals surface area (Å²) < 4.78 is 0. The van der Waals surface area contributed by atoms with Crippen molar-refractivity contribution in [3.8, 4) is 0 Å². The fraction of sp³-hybridized carbons (Fsp3) is 0.625. The number of rotatable bonds is 1. The van der Waals surface area contributed by atoms with Crippen molar-refractivity contribution in [2.75, 3.05) is 39.9 Å². The van der Waals surface area contributed by atoms with Crippen LogP contribution in [0, 0.1) is 0 Å². The molecule has 0 saturated heterocycles. The SMILES string of the molecule is CC.CCC.CCN1CCc2ccccc2C1.CN1CCC2=C(C=NCN2)C1. The van der Waals surface area contributed by atoms with Crippen LogP contribution in [-0.4, -0.2) is 55.9 Å². The molecule has 158 valence electrons. The first-order valence-electron chi connectivity index (χ1n) is 11.1. The van der Waals surface area contributed by atoms with Gasteiger partial charge in [-0.2, -0.15) is 0 Å². The molecule has 0 amide bonds. The van der Waals surface area contributed by atoms with Crippen LogP contribution in [0.4, 0.5) is 0 Å². The summed E-state index contributed by atoms with van der Waals surface area (Å²) in [7, 11) is 2.15. The number of likely N-dealkylation sites (N-methyl/N-ethyl adjacent to an activating group) is 2. The Morgan fingerprint density at radius 3 is 2.32 bits per heavy atom. The highest BCUT2D eigenvalue weighted by Crippen LogP contribution is 2.17. The van der Waals surface area contributed by atoms with Gasteiger partial charge in [-0.25, -0.2) is 0 Å². The molecule has 0 aromatic heterocycles. The molecule has 28 heavy (non-hydrogen) atoms. The van der Waals surface area contributed by atoms with Gasteiger partial charge in [-0.15, -0.1) is 0 Å². The zero-order chi connectivity index (χ0) is 20.8. The predicted molar refractivity (Wildman–Crippen MR) is 124 cm³/mol. The number of hydrogen-bond donors (Lipinski definition) is 1. The number of hydrogen-bond acceptors (Lipinski definition) is 4. The maximum Gasteiger partial charge on any atom is 0.107 e. The van der Waals surface area contributed by atoms with E-state index < -0.39 is 0 Å². The van der Waals surface area contributed by atoms with Crippen LogP contribution in [0.1, 0.15) is 58.6 Å². The number of fused-ring (bicyclic) bond motifs is 1. The molecule has 3 heterocycles. The third-order valence-corrected chi connectivity index (χ3v) is 4.86. The molecule has 4 heteroatoms. The summed E-state index contributed by atoms with van der Waals surface area (Å²) in [4.78, 5) is 8.98. The highest BCUT2D eigenvalue weighted by molar-refractivity contribution is 5.81. The summed E-state index contributed by atoms with van der Waals surface area (Å²) in [5, 5.41) is 3.30. The van der Waals surface area contributed by atoms with Crippen molar-refractivity contribution in [3.63, 3.8) is 0 Å². The molecule has 4 nitrogen and oxygen atoms in total. The van der Waals surface area contributed by atoms with Gasteiger partial charge < -0.3 is 10.2 Å². The molecule has 0 radical (unpaired) electrons. The fourth-order valence-electron chi connectivity index (χ4n) is 3.37. The van der Waals surface area contributed by atoms with E-state index in [2.05, 4.69) is 72.2 Å². The minimum atomic E-state index is 0.766. The maximum absolute atomic E-state index is 4.18. The second-order valence-corrected chi connectivity index (χ2v) is 7.23. The molecule has 0 aliphatic carbocycles. The molecule has 1 aromatic carbocycles. The average Bonchev–Trinajstić information content (AvgIpc) is 2.75. The fourth-order valence-corrected chi connectivity index (χ4v) is 3.37. The van der Waals surface area contributed by atoms with Crippen LogP contribution in [0.3, 0.4) is 0 Å². The van der Waals surface area contributed by atoms with Gasteiger partial charge in [0, 0.05) is 50.1 Å².